The third-order valence-corrected chi connectivity index (χ3v) is 4.99. The quantitative estimate of drug-likeness (QED) is 0.434. The van der Waals surface area contributed by atoms with Gasteiger partial charge in [0.15, 0.2) is 6.10 Å². The van der Waals surface area contributed by atoms with Gasteiger partial charge in [-0.25, -0.2) is 9.59 Å². The van der Waals surface area contributed by atoms with Gasteiger partial charge in [0.05, 0.1) is 18.2 Å². The van der Waals surface area contributed by atoms with E-state index in [4.69, 9.17) is 9.47 Å². The molecular formula is C24H25F3N2O5. The first-order valence-electron chi connectivity index (χ1n) is 10.6. The van der Waals surface area contributed by atoms with Crippen molar-refractivity contribution in [3.05, 3.63) is 65.9 Å². The fraction of sp³-hybridized carbons (Fsp3) is 0.333. The summed E-state index contributed by atoms with van der Waals surface area (Å²) < 4.78 is 51.0. The highest BCUT2D eigenvalue weighted by atomic mass is 19.4. The summed E-state index contributed by atoms with van der Waals surface area (Å²) in [7, 11) is 0. The molecule has 0 bridgehead atoms. The molecule has 7 nitrogen and oxygen atoms in total. The lowest BCUT2D eigenvalue weighted by Crippen LogP contribution is -2.29. The number of halogens is 3. The number of anilines is 1. The van der Waals surface area contributed by atoms with Gasteiger partial charge in [-0.2, -0.15) is 13.2 Å². The van der Waals surface area contributed by atoms with Crippen molar-refractivity contribution in [2.24, 2.45) is 0 Å². The SMILES string of the molecule is CC(C)OC(Cc1cn(CCOC(=O)Nc2cccc(C(F)(F)F)c2)c2ccccc12)C(=O)O. The zero-order valence-corrected chi connectivity index (χ0v) is 18.6. The Labute approximate surface area is 194 Å². The summed E-state index contributed by atoms with van der Waals surface area (Å²) in [4.78, 5) is 23.6. The minimum Gasteiger partial charge on any atom is -0.479 e. The van der Waals surface area contributed by atoms with E-state index >= 15 is 0 Å². The average Bonchev–Trinajstić information content (AvgIpc) is 3.10. The van der Waals surface area contributed by atoms with Crippen LogP contribution in [0.25, 0.3) is 10.9 Å². The van der Waals surface area contributed by atoms with Gasteiger partial charge in [-0.05, 0) is 43.7 Å². The third kappa shape index (κ3) is 6.50. The van der Waals surface area contributed by atoms with Crippen LogP contribution in [-0.4, -0.2) is 40.6 Å². The molecule has 34 heavy (non-hydrogen) atoms. The third-order valence-electron chi connectivity index (χ3n) is 4.99. The van der Waals surface area contributed by atoms with Gasteiger partial charge >= 0.3 is 18.2 Å². The number of carbonyl (C=O) groups excluding carboxylic acids is 1. The molecule has 10 heteroatoms. The van der Waals surface area contributed by atoms with E-state index in [0.717, 1.165) is 28.6 Å². The summed E-state index contributed by atoms with van der Waals surface area (Å²) in [5.74, 6) is -1.06. The Balaban J connectivity index is 1.65. The predicted octanol–water partition coefficient (Wildman–Crippen LogP) is 5.33. The molecule has 1 atom stereocenters. The summed E-state index contributed by atoms with van der Waals surface area (Å²) in [6.07, 6.45) is -4.70. The number of para-hydroxylation sites is 1. The number of amides is 1. The number of carboxylic acids is 1. The molecule has 0 saturated heterocycles. The fourth-order valence-electron chi connectivity index (χ4n) is 3.56. The van der Waals surface area contributed by atoms with Crippen LogP contribution in [0, 0.1) is 0 Å². The second kappa shape index (κ2) is 10.6. The van der Waals surface area contributed by atoms with Gasteiger partial charge in [0.2, 0.25) is 0 Å². The van der Waals surface area contributed by atoms with Crippen LogP contribution in [-0.2, 0) is 33.4 Å². The molecule has 2 N–H and O–H groups in total. The number of nitrogens with zero attached hydrogens (tertiary/aromatic N) is 1. The van der Waals surface area contributed by atoms with Crippen LogP contribution in [0.5, 0.6) is 0 Å². The Hall–Kier alpha value is -3.53. The minimum absolute atomic E-state index is 0.0293. The number of carboxylic acid groups (broad SMARTS) is 1. The van der Waals surface area contributed by atoms with Gasteiger partial charge in [0.1, 0.15) is 6.61 Å². The van der Waals surface area contributed by atoms with E-state index in [1.807, 2.05) is 28.8 Å². The number of benzene rings is 2. The Morgan fingerprint density at radius 2 is 1.85 bits per heavy atom. The molecule has 1 unspecified atom stereocenters. The van der Waals surface area contributed by atoms with Crippen molar-refractivity contribution >= 4 is 28.7 Å². The molecule has 0 radical (unpaired) electrons. The lowest BCUT2D eigenvalue weighted by atomic mass is 10.1. The molecule has 0 fully saturated rings. The lowest BCUT2D eigenvalue weighted by molar-refractivity contribution is -0.153. The normalized spacial score (nSPS) is 12.6. The molecule has 0 aliphatic heterocycles. The number of carbonyl (C=O) groups is 2. The second-order valence-corrected chi connectivity index (χ2v) is 7.92. The van der Waals surface area contributed by atoms with Crippen LogP contribution in [0.15, 0.2) is 54.7 Å². The molecular weight excluding hydrogens is 453 g/mol. The Morgan fingerprint density at radius 3 is 2.53 bits per heavy atom. The summed E-state index contributed by atoms with van der Waals surface area (Å²) in [5.41, 5.74) is 0.696. The van der Waals surface area contributed by atoms with Gasteiger partial charge in [0.25, 0.3) is 0 Å². The lowest BCUT2D eigenvalue weighted by Gasteiger charge is -2.16. The van der Waals surface area contributed by atoms with Crippen LogP contribution >= 0.6 is 0 Å². The number of nitrogens with one attached hydrogen (secondary N) is 1. The number of alkyl halides is 3. The maximum absolute atomic E-state index is 12.8. The number of hydrogen-bond acceptors (Lipinski definition) is 4. The molecule has 0 aliphatic rings. The van der Waals surface area contributed by atoms with Crippen LogP contribution in [0.1, 0.15) is 25.0 Å². The number of fused-ring (bicyclic) bond motifs is 1. The standard InChI is InChI=1S/C24H25F3N2O5/c1-15(2)34-21(22(30)31)12-16-14-29(20-9-4-3-8-19(16)20)10-11-33-23(32)28-18-7-5-6-17(13-18)24(25,26)27/h3-9,13-15,21H,10-12H2,1-2H3,(H,28,32)(H,30,31). The fourth-order valence-corrected chi connectivity index (χ4v) is 3.56. The molecule has 2 aromatic carbocycles. The molecule has 0 saturated carbocycles. The van der Waals surface area contributed by atoms with E-state index in [1.165, 1.54) is 12.1 Å². The van der Waals surface area contributed by atoms with Crippen molar-refractivity contribution < 1.29 is 37.3 Å². The monoisotopic (exact) mass is 478 g/mol. The zero-order valence-electron chi connectivity index (χ0n) is 18.6. The van der Waals surface area contributed by atoms with Crippen LogP contribution < -0.4 is 5.32 Å². The minimum atomic E-state index is -4.52. The molecule has 1 heterocycles. The average molecular weight is 478 g/mol. The summed E-state index contributed by atoms with van der Waals surface area (Å²) >= 11 is 0. The van der Waals surface area contributed by atoms with Gasteiger partial charge < -0.3 is 19.1 Å². The van der Waals surface area contributed by atoms with E-state index in [2.05, 4.69) is 5.32 Å². The first-order valence-corrected chi connectivity index (χ1v) is 10.6. The number of aliphatic carboxylic acids is 1. The van der Waals surface area contributed by atoms with Gasteiger partial charge in [-0.3, -0.25) is 5.32 Å². The Bertz CT molecular complexity index is 1160. The molecule has 3 rings (SSSR count). The number of hydrogen-bond donors (Lipinski definition) is 2. The molecule has 0 aliphatic carbocycles. The van der Waals surface area contributed by atoms with Crippen molar-refractivity contribution in [2.45, 2.75) is 45.2 Å². The van der Waals surface area contributed by atoms with E-state index in [0.29, 0.717) is 0 Å². The van der Waals surface area contributed by atoms with Crippen molar-refractivity contribution in [3.63, 3.8) is 0 Å². The molecule has 0 spiro atoms. The topological polar surface area (TPSA) is 89.8 Å². The zero-order chi connectivity index (χ0) is 24.9. The Morgan fingerprint density at radius 1 is 1.12 bits per heavy atom. The number of ether oxygens (including phenoxy) is 2. The summed E-state index contributed by atoms with van der Waals surface area (Å²) in [6.45, 7) is 3.75. The molecule has 1 amide bonds. The largest absolute Gasteiger partial charge is 0.479 e. The first-order chi connectivity index (χ1) is 16.0. The van der Waals surface area contributed by atoms with Crippen molar-refractivity contribution in [2.75, 3.05) is 11.9 Å². The first kappa shape index (κ1) is 25.1. The van der Waals surface area contributed by atoms with Crippen LogP contribution in [0.2, 0.25) is 0 Å². The van der Waals surface area contributed by atoms with Crippen LogP contribution in [0.4, 0.5) is 23.7 Å². The van der Waals surface area contributed by atoms with Crippen molar-refractivity contribution in [1.29, 1.82) is 0 Å². The summed E-state index contributed by atoms with van der Waals surface area (Å²) in [5, 5.41) is 12.6. The number of rotatable bonds is 9. The maximum Gasteiger partial charge on any atom is 0.416 e. The number of aromatic nitrogens is 1. The highest BCUT2D eigenvalue weighted by molar-refractivity contribution is 5.85. The maximum atomic E-state index is 12.8. The Kier molecular flexibility index (Phi) is 7.83. The van der Waals surface area contributed by atoms with E-state index in [-0.39, 0.29) is 31.4 Å². The molecule has 182 valence electrons. The van der Waals surface area contributed by atoms with Gasteiger partial charge in [-0.15, -0.1) is 0 Å². The smallest absolute Gasteiger partial charge is 0.416 e. The van der Waals surface area contributed by atoms with E-state index in [1.54, 1.807) is 20.0 Å². The highest BCUT2D eigenvalue weighted by Crippen LogP contribution is 2.30. The highest BCUT2D eigenvalue weighted by Gasteiger charge is 2.30. The van der Waals surface area contributed by atoms with Crippen molar-refractivity contribution in [1.82, 2.24) is 4.57 Å². The predicted molar refractivity (Wildman–Crippen MR) is 120 cm³/mol. The van der Waals surface area contributed by atoms with Gasteiger partial charge in [0, 0.05) is 29.2 Å². The second-order valence-electron chi connectivity index (χ2n) is 7.92. The molecule has 3 aromatic rings. The summed E-state index contributed by atoms with van der Waals surface area (Å²) in [6, 6.07) is 11.7. The van der Waals surface area contributed by atoms with Gasteiger partial charge in [-0.1, -0.05) is 24.3 Å². The van der Waals surface area contributed by atoms with E-state index in [9.17, 15) is 27.9 Å². The molecule has 1 aromatic heterocycles. The van der Waals surface area contributed by atoms with Crippen LogP contribution in [0.3, 0.4) is 0 Å². The van der Waals surface area contributed by atoms with Crippen molar-refractivity contribution in [3.8, 4) is 0 Å². The van der Waals surface area contributed by atoms with E-state index < -0.39 is 29.9 Å².